The molecule has 32 heavy (non-hydrogen) atoms. The molecule has 0 radical (unpaired) electrons. The SMILES string of the molecule is CC1(CCc2ccccc2)NC(=O)N(NC(=O)CNC(=O)C(=O)NCc2ccco2)C1=O. The molecule has 0 saturated carbocycles. The second kappa shape index (κ2) is 9.77. The van der Waals surface area contributed by atoms with Crippen molar-refractivity contribution in [2.45, 2.75) is 31.8 Å². The van der Waals surface area contributed by atoms with Crippen LogP contribution < -0.4 is 21.4 Å². The van der Waals surface area contributed by atoms with Crippen LogP contribution >= 0.6 is 0 Å². The molecule has 168 valence electrons. The maximum atomic E-state index is 12.7. The fourth-order valence-electron chi connectivity index (χ4n) is 3.06. The first-order valence-corrected chi connectivity index (χ1v) is 9.87. The molecule has 1 aliphatic rings. The number of nitrogens with zero attached hydrogens (tertiary/aromatic N) is 1. The van der Waals surface area contributed by atoms with Gasteiger partial charge in [-0.2, -0.15) is 5.01 Å². The van der Waals surface area contributed by atoms with Crippen LogP contribution in [-0.4, -0.2) is 46.8 Å². The van der Waals surface area contributed by atoms with Crippen molar-refractivity contribution >= 4 is 29.7 Å². The molecule has 0 bridgehead atoms. The van der Waals surface area contributed by atoms with Crippen molar-refractivity contribution in [3.05, 3.63) is 60.1 Å². The molecule has 2 heterocycles. The van der Waals surface area contributed by atoms with Gasteiger partial charge in [0.25, 0.3) is 11.8 Å². The summed E-state index contributed by atoms with van der Waals surface area (Å²) >= 11 is 0. The van der Waals surface area contributed by atoms with Gasteiger partial charge in [-0.3, -0.25) is 24.6 Å². The van der Waals surface area contributed by atoms with Gasteiger partial charge in [0, 0.05) is 0 Å². The van der Waals surface area contributed by atoms with Crippen LogP contribution in [0.5, 0.6) is 0 Å². The Morgan fingerprint density at radius 3 is 2.44 bits per heavy atom. The van der Waals surface area contributed by atoms with Gasteiger partial charge < -0.3 is 20.4 Å². The Bertz CT molecular complexity index is 1010. The van der Waals surface area contributed by atoms with Crippen molar-refractivity contribution < 1.29 is 28.4 Å². The molecule has 1 aromatic heterocycles. The summed E-state index contributed by atoms with van der Waals surface area (Å²) in [6, 6.07) is 11.9. The smallest absolute Gasteiger partial charge is 0.344 e. The van der Waals surface area contributed by atoms with E-state index in [1.807, 2.05) is 30.3 Å². The fraction of sp³-hybridized carbons (Fsp3) is 0.286. The van der Waals surface area contributed by atoms with E-state index in [-0.39, 0.29) is 6.54 Å². The summed E-state index contributed by atoms with van der Waals surface area (Å²) in [5.41, 5.74) is 1.97. The first-order valence-electron chi connectivity index (χ1n) is 9.87. The number of hydrogen-bond acceptors (Lipinski definition) is 6. The summed E-state index contributed by atoms with van der Waals surface area (Å²) < 4.78 is 5.03. The number of furan rings is 1. The lowest BCUT2D eigenvalue weighted by Gasteiger charge is -2.21. The summed E-state index contributed by atoms with van der Waals surface area (Å²) in [6.45, 7) is 0.980. The molecule has 1 atom stereocenters. The van der Waals surface area contributed by atoms with Crippen LogP contribution in [0.15, 0.2) is 53.1 Å². The van der Waals surface area contributed by atoms with Crippen molar-refractivity contribution in [1.29, 1.82) is 0 Å². The number of hydrogen-bond donors (Lipinski definition) is 4. The van der Waals surface area contributed by atoms with Crippen LogP contribution in [0.1, 0.15) is 24.7 Å². The minimum Gasteiger partial charge on any atom is -0.467 e. The highest BCUT2D eigenvalue weighted by Crippen LogP contribution is 2.22. The summed E-state index contributed by atoms with van der Waals surface area (Å²) in [4.78, 5) is 60.6. The Hall–Kier alpha value is -4.15. The van der Waals surface area contributed by atoms with Gasteiger partial charge in [0.15, 0.2) is 0 Å². The predicted octanol–water partition coefficient (Wildman–Crippen LogP) is -0.0135. The molecule has 2 aromatic rings. The Labute approximate surface area is 183 Å². The standard InChI is InChI=1S/C21H23N5O6/c1-21(10-9-14-6-3-2-4-7-14)19(30)26(20(31)24-21)25-16(27)13-23-18(29)17(28)22-12-15-8-5-11-32-15/h2-8,11H,9-10,12-13H2,1H3,(H,22,28)(H,23,29)(H,24,31)(H,25,27). The summed E-state index contributed by atoms with van der Waals surface area (Å²) in [6.07, 6.45) is 2.31. The maximum Gasteiger partial charge on any atom is 0.344 e. The Kier molecular flexibility index (Phi) is 6.88. The minimum absolute atomic E-state index is 0.00939. The topological polar surface area (TPSA) is 150 Å². The maximum absolute atomic E-state index is 12.7. The number of carbonyl (C=O) groups excluding carboxylic acids is 5. The molecule has 4 N–H and O–H groups in total. The zero-order valence-electron chi connectivity index (χ0n) is 17.3. The van der Waals surface area contributed by atoms with Crippen molar-refractivity contribution in [2.24, 2.45) is 0 Å². The lowest BCUT2D eigenvalue weighted by Crippen LogP contribution is -2.52. The monoisotopic (exact) mass is 441 g/mol. The third-order valence-corrected chi connectivity index (χ3v) is 4.87. The van der Waals surface area contributed by atoms with Gasteiger partial charge in [-0.05, 0) is 37.5 Å². The van der Waals surface area contributed by atoms with Crippen molar-refractivity contribution in [3.8, 4) is 0 Å². The fourth-order valence-corrected chi connectivity index (χ4v) is 3.06. The van der Waals surface area contributed by atoms with Gasteiger partial charge >= 0.3 is 17.8 Å². The van der Waals surface area contributed by atoms with Gasteiger partial charge in [-0.25, -0.2) is 4.79 Å². The Balaban J connectivity index is 1.45. The molecule has 1 saturated heterocycles. The first-order chi connectivity index (χ1) is 15.3. The first kappa shape index (κ1) is 22.5. The molecule has 0 spiro atoms. The molecule has 0 aliphatic carbocycles. The van der Waals surface area contributed by atoms with Crippen LogP contribution in [0.4, 0.5) is 4.79 Å². The second-order valence-electron chi connectivity index (χ2n) is 7.37. The molecular weight excluding hydrogens is 418 g/mol. The van der Waals surface area contributed by atoms with E-state index in [4.69, 9.17) is 4.42 Å². The number of urea groups is 1. The van der Waals surface area contributed by atoms with Crippen LogP contribution in [0.25, 0.3) is 0 Å². The van der Waals surface area contributed by atoms with E-state index < -0.39 is 41.7 Å². The third kappa shape index (κ3) is 5.50. The highest BCUT2D eigenvalue weighted by molar-refractivity contribution is 6.35. The average Bonchev–Trinajstić information content (AvgIpc) is 3.38. The molecule has 1 unspecified atom stereocenters. The van der Waals surface area contributed by atoms with Crippen LogP contribution in [0.3, 0.4) is 0 Å². The average molecular weight is 441 g/mol. The van der Waals surface area contributed by atoms with Crippen LogP contribution in [0.2, 0.25) is 0 Å². The number of nitrogens with one attached hydrogen (secondary N) is 4. The summed E-state index contributed by atoms with van der Waals surface area (Å²) in [7, 11) is 0. The quantitative estimate of drug-likeness (QED) is 0.334. The number of imide groups is 1. The van der Waals surface area contributed by atoms with Crippen molar-refractivity contribution in [2.75, 3.05) is 6.54 Å². The van der Waals surface area contributed by atoms with Gasteiger partial charge in [0.05, 0.1) is 19.4 Å². The van der Waals surface area contributed by atoms with Gasteiger partial charge in [-0.15, -0.1) is 0 Å². The zero-order valence-corrected chi connectivity index (χ0v) is 17.3. The number of rotatable bonds is 8. The number of amides is 6. The Morgan fingerprint density at radius 2 is 1.75 bits per heavy atom. The lowest BCUT2D eigenvalue weighted by molar-refractivity contribution is -0.141. The normalized spacial score (nSPS) is 17.6. The molecule has 1 aliphatic heterocycles. The van der Waals surface area contributed by atoms with E-state index in [9.17, 15) is 24.0 Å². The molecule has 1 aromatic carbocycles. The molecule has 3 rings (SSSR count). The minimum atomic E-state index is -1.19. The van der Waals surface area contributed by atoms with E-state index in [2.05, 4.69) is 21.4 Å². The van der Waals surface area contributed by atoms with E-state index >= 15 is 0 Å². The Morgan fingerprint density at radius 1 is 1.03 bits per heavy atom. The number of hydrazine groups is 1. The number of aryl methyl sites for hydroxylation is 1. The molecule has 6 amide bonds. The highest BCUT2D eigenvalue weighted by Gasteiger charge is 2.48. The number of benzene rings is 1. The van der Waals surface area contributed by atoms with Crippen molar-refractivity contribution in [3.63, 3.8) is 0 Å². The molecule has 11 heteroatoms. The number of carbonyl (C=O) groups is 5. The zero-order chi connectivity index (χ0) is 23.1. The van der Waals surface area contributed by atoms with Crippen LogP contribution in [-0.2, 0) is 32.1 Å². The molecule has 1 fully saturated rings. The lowest BCUT2D eigenvalue weighted by atomic mass is 9.93. The van der Waals surface area contributed by atoms with Crippen molar-refractivity contribution in [1.82, 2.24) is 26.4 Å². The van der Waals surface area contributed by atoms with Gasteiger partial charge in [0.2, 0.25) is 0 Å². The third-order valence-electron chi connectivity index (χ3n) is 4.87. The second-order valence-corrected chi connectivity index (χ2v) is 7.37. The van der Waals surface area contributed by atoms with E-state index in [1.54, 1.807) is 19.1 Å². The molecular formula is C21H23N5O6. The predicted molar refractivity (Wildman–Crippen MR) is 110 cm³/mol. The van der Waals surface area contributed by atoms with Gasteiger partial charge in [-0.1, -0.05) is 30.3 Å². The van der Waals surface area contributed by atoms with E-state index in [0.29, 0.717) is 23.6 Å². The van der Waals surface area contributed by atoms with Crippen LogP contribution in [0, 0.1) is 0 Å². The highest BCUT2D eigenvalue weighted by atomic mass is 16.3. The van der Waals surface area contributed by atoms with Gasteiger partial charge in [0.1, 0.15) is 11.3 Å². The largest absolute Gasteiger partial charge is 0.467 e. The summed E-state index contributed by atoms with van der Waals surface area (Å²) in [5, 5.41) is 7.61. The molecule has 11 nitrogen and oxygen atoms in total. The van der Waals surface area contributed by atoms with E-state index in [0.717, 1.165) is 5.56 Å². The van der Waals surface area contributed by atoms with E-state index in [1.165, 1.54) is 6.26 Å². The summed E-state index contributed by atoms with van der Waals surface area (Å²) in [5.74, 6) is -3.01.